The molecule has 1 amide bonds. The SMILES string of the molecule is CCOCCn1c(CCCNC(=O)Cc2ccc(Cl)cc2)nc2ccccc21. The van der Waals surface area contributed by atoms with Gasteiger partial charge in [0.2, 0.25) is 5.91 Å². The van der Waals surface area contributed by atoms with E-state index in [1.165, 1.54) is 0 Å². The molecule has 0 spiro atoms. The van der Waals surface area contributed by atoms with E-state index < -0.39 is 0 Å². The van der Waals surface area contributed by atoms with Gasteiger partial charge in [0.25, 0.3) is 0 Å². The zero-order valence-corrected chi connectivity index (χ0v) is 16.9. The third-order valence-electron chi connectivity index (χ3n) is 4.57. The van der Waals surface area contributed by atoms with Crippen LogP contribution in [-0.2, 0) is 28.9 Å². The van der Waals surface area contributed by atoms with Gasteiger partial charge in [-0.15, -0.1) is 0 Å². The minimum Gasteiger partial charge on any atom is -0.380 e. The Morgan fingerprint density at radius 3 is 2.75 bits per heavy atom. The molecular weight excluding hydrogens is 374 g/mol. The molecule has 0 bridgehead atoms. The van der Waals surface area contributed by atoms with Gasteiger partial charge in [-0.05, 0) is 43.2 Å². The fourth-order valence-electron chi connectivity index (χ4n) is 3.19. The summed E-state index contributed by atoms with van der Waals surface area (Å²) in [5.74, 6) is 1.06. The number of aryl methyl sites for hydroxylation is 1. The molecule has 5 nitrogen and oxygen atoms in total. The minimum atomic E-state index is 0.0205. The van der Waals surface area contributed by atoms with Crippen molar-refractivity contribution in [2.45, 2.75) is 32.7 Å². The smallest absolute Gasteiger partial charge is 0.224 e. The highest BCUT2D eigenvalue weighted by Crippen LogP contribution is 2.17. The van der Waals surface area contributed by atoms with E-state index in [0.29, 0.717) is 31.2 Å². The van der Waals surface area contributed by atoms with Crippen LogP contribution >= 0.6 is 11.6 Å². The van der Waals surface area contributed by atoms with E-state index in [1.807, 2.05) is 37.3 Å². The number of rotatable bonds is 10. The van der Waals surface area contributed by atoms with Crippen molar-refractivity contribution < 1.29 is 9.53 Å². The van der Waals surface area contributed by atoms with E-state index in [4.69, 9.17) is 21.3 Å². The standard InChI is InChI=1S/C22H26ClN3O2/c1-2-28-15-14-26-20-7-4-3-6-19(20)25-21(26)8-5-13-24-22(27)16-17-9-11-18(23)12-10-17/h3-4,6-7,9-12H,2,5,8,13-16H2,1H3,(H,24,27). The Bertz CT molecular complexity index is 906. The van der Waals surface area contributed by atoms with E-state index >= 15 is 0 Å². The number of fused-ring (bicyclic) bond motifs is 1. The summed E-state index contributed by atoms with van der Waals surface area (Å²) in [5, 5.41) is 3.67. The van der Waals surface area contributed by atoms with Crippen molar-refractivity contribution >= 4 is 28.5 Å². The van der Waals surface area contributed by atoms with Gasteiger partial charge in [-0.2, -0.15) is 0 Å². The number of nitrogens with zero attached hydrogens (tertiary/aromatic N) is 2. The highest BCUT2D eigenvalue weighted by Gasteiger charge is 2.10. The average Bonchev–Trinajstić information content (AvgIpc) is 3.05. The molecule has 0 aliphatic rings. The van der Waals surface area contributed by atoms with E-state index in [0.717, 1.165) is 41.8 Å². The topological polar surface area (TPSA) is 56.1 Å². The highest BCUT2D eigenvalue weighted by molar-refractivity contribution is 6.30. The first-order valence-corrected chi connectivity index (χ1v) is 10.1. The Kier molecular flexibility index (Phi) is 7.46. The van der Waals surface area contributed by atoms with E-state index in [2.05, 4.69) is 16.0 Å². The van der Waals surface area contributed by atoms with Gasteiger partial charge in [-0.3, -0.25) is 4.79 Å². The maximum absolute atomic E-state index is 12.1. The largest absolute Gasteiger partial charge is 0.380 e. The van der Waals surface area contributed by atoms with Crippen LogP contribution in [0.5, 0.6) is 0 Å². The number of aromatic nitrogens is 2. The number of halogens is 1. The molecule has 1 heterocycles. The first-order valence-electron chi connectivity index (χ1n) is 9.70. The van der Waals surface area contributed by atoms with E-state index in [9.17, 15) is 4.79 Å². The van der Waals surface area contributed by atoms with Crippen LogP contribution in [0.2, 0.25) is 5.02 Å². The molecule has 0 unspecified atom stereocenters. The Hall–Kier alpha value is -2.37. The molecule has 0 saturated carbocycles. The van der Waals surface area contributed by atoms with Crippen LogP contribution in [0.4, 0.5) is 0 Å². The predicted octanol–water partition coefficient (Wildman–Crippen LogP) is 4.02. The van der Waals surface area contributed by atoms with Crippen molar-refractivity contribution in [1.29, 1.82) is 0 Å². The van der Waals surface area contributed by atoms with Crippen LogP contribution in [-0.4, -0.2) is 35.2 Å². The number of carbonyl (C=O) groups excluding carboxylic acids is 1. The number of nitrogens with one attached hydrogen (secondary N) is 1. The number of ether oxygens (including phenoxy) is 1. The molecule has 0 aliphatic heterocycles. The average molecular weight is 400 g/mol. The number of carbonyl (C=O) groups is 1. The van der Waals surface area contributed by atoms with Gasteiger partial charge in [-0.1, -0.05) is 35.9 Å². The Morgan fingerprint density at radius 1 is 1.18 bits per heavy atom. The van der Waals surface area contributed by atoms with Crippen molar-refractivity contribution in [2.24, 2.45) is 0 Å². The fourth-order valence-corrected chi connectivity index (χ4v) is 3.32. The van der Waals surface area contributed by atoms with Crippen LogP contribution in [0.1, 0.15) is 24.7 Å². The number of benzene rings is 2. The van der Waals surface area contributed by atoms with Crippen LogP contribution in [0.3, 0.4) is 0 Å². The van der Waals surface area contributed by atoms with E-state index in [-0.39, 0.29) is 5.91 Å². The van der Waals surface area contributed by atoms with E-state index in [1.54, 1.807) is 12.1 Å². The summed E-state index contributed by atoms with van der Waals surface area (Å²) in [6, 6.07) is 15.5. The molecular formula is C22H26ClN3O2. The normalized spacial score (nSPS) is 11.1. The summed E-state index contributed by atoms with van der Waals surface area (Å²) in [4.78, 5) is 16.9. The third-order valence-corrected chi connectivity index (χ3v) is 4.83. The van der Waals surface area contributed by atoms with Crippen LogP contribution < -0.4 is 5.32 Å². The molecule has 1 aromatic heterocycles. The predicted molar refractivity (Wildman–Crippen MR) is 113 cm³/mol. The lowest BCUT2D eigenvalue weighted by molar-refractivity contribution is -0.120. The summed E-state index contributed by atoms with van der Waals surface area (Å²) in [6.45, 7) is 4.79. The molecule has 0 radical (unpaired) electrons. The van der Waals surface area contributed by atoms with Gasteiger partial charge in [0, 0.05) is 31.1 Å². The molecule has 0 fully saturated rings. The maximum Gasteiger partial charge on any atom is 0.224 e. The fraction of sp³-hybridized carbons (Fsp3) is 0.364. The van der Waals surface area contributed by atoms with Crippen molar-refractivity contribution in [1.82, 2.24) is 14.9 Å². The lowest BCUT2D eigenvalue weighted by Crippen LogP contribution is -2.26. The molecule has 0 saturated heterocycles. The van der Waals surface area contributed by atoms with Gasteiger partial charge in [0.15, 0.2) is 0 Å². The second-order valence-corrected chi connectivity index (χ2v) is 7.06. The zero-order valence-electron chi connectivity index (χ0n) is 16.2. The van der Waals surface area contributed by atoms with Crippen molar-refractivity contribution in [2.75, 3.05) is 19.8 Å². The summed E-state index contributed by atoms with van der Waals surface area (Å²) in [5.41, 5.74) is 3.09. The van der Waals surface area contributed by atoms with Crippen LogP contribution in [0.15, 0.2) is 48.5 Å². The number of imidazole rings is 1. The lowest BCUT2D eigenvalue weighted by Gasteiger charge is -2.10. The van der Waals surface area contributed by atoms with Gasteiger partial charge >= 0.3 is 0 Å². The molecule has 3 rings (SSSR count). The quantitative estimate of drug-likeness (QED) is 0.524. The number of amides is 1. The van der Waals surface area contributed by atoms with Gasteiger partial charge < -0.3 is 14.6 Å². The van der Waals surface area contributed by atoms with Crippen molar-refractivity contribution in [3.05, 3.63) is 64.9 Å². The van der Waals surface area contributed by atoms with Crippen molar-refractivity contribution in [3.63, 3.8) is 0 Å². The zero-order chi connectivity index (χ0) is 19.8. The molecule has 148 valence electrons. The van der Waals surface area contributed by atoms with Gasteiger partial charge in [0.05, 0.1) is 24.1 Å². The third kappa shape index (κ3) is 5.57. The number of hydrogen-bond donors (Lipinski definition) is 1. The monoisotopic (exact) mass is 399 g/mol. The minimum absolute atomic E-state index is 0.0205. The molecule has 0 atom stereocenters. The number of para-hydroxylation sites is 2. The molecule has 0 aliphatic carbocycles. The lowest BCUT2D eigenvalue weighted by atomic mass is 10.1. The molecule has 1 N–H and O–H groups in total. The Morgan fingerprint density at radius 2 is 1.96 bits per heavy atom. The molecule has 28 heavy (non-hydrogen) atoms. The van der Waals surface area contributed by atoms with Crippen LogP contribution in [0, 0.1) is 0 Å². The van der Waals surface area contributed by atoms with Gasteiger partial charge in [-0.25, -0.2) is 4.98 Å². The summed E-state index contributed by atoms with van der Waals surface area (Å²) in [7, 11) is 0. The van der Waals surface area contributed by atoms with Crippen molar-refractivity contribution in [3.8, 4) is 0 Å². The van der Waals surface area contributed by atoms with Crippen LogP contribution in [0.25, 0.3) is 11.0 Å². The summed E-state index contributed by atoms with van der Waals surface area (Å²) in [6.07, 6.45) is 2.01. The molecule has 6 heteroatoms. The first-order chi connectivity index (χ1) is 13.7. The Balaban J connectivity index is 1.52. The second-order valence-electron chi connectivity index (χ2n) is 6.62. The Labute approximate surface area is 170 Å². The summed E-state index contributed by atoms with van der Waals surface area (Å²) < 4.78 is 7.74. The van der Waals surface area contributed by atoms with Gasteiger partial charge in [0.1, 0.15) is 5.82 Å². The summed E-state index contributed by atoms with van der Waals surface area (Å²) >= 11 is 5.87. The molecule has 3 aromatic rings. The second kappa shape index (κ2) is 10.2. The maximum atomic E-state index is 12.1. The highest BCUT2D eigenvalue weighted by atomic mass is 35.5. The molecule has 2 aromatic carbocycles. The number of hydrogen-bond acceptors (Lipinski definition) is 3. The first kappa shape index (κ1) is 20.4.